The zero-order valence-corrected chi connectivity index (χ0v) is 11.8. The predicted molar refractivity (Wildman–Crippen MR) is 71.2 cm³/mol. The fourth-order valence-electron chi connectivity index (χ4n) is 3.85. The van der Waals surface area contributed by atoms with Gasteiger partial charge in [0.05, 0.1) is 0 Å². The molecule has 2 bridgehead atoms. The molecule has 1 aliphatic heterocycles. The number of halogens is 1. The van der Waals surface area contributed by atoms with Crippen molar-refractivity contribution in [2.45, 2.75) is 31.3 Å². The van der Waals surface area contributed by atoms with Gasteiger partial charge in [0.1, 0.15) is 5.75 Å². The number of hydrogen-bond donors (Lipinski definition) is 0. The first kappa shape index (κ1) is 12.0. The van der Waals surface area contributed by atoms with Gasteiger partial charge >= 0.3 is 10.3 Å². The summed E-state index contributed by atoms with van der Waals surface area (Å²) in [5.41, 5.74) is 0. The first-order chi connectivity index (χ1) is 9.06. The topological polar surface area (TPSA) is 46.4 Å². The van der Waals surface area contributed by atoms with E-state index in [1.807, 2.05) is 0 Å². The quantitative estimate of drug-likeness (QED) is 0.805. The molecule has 1 heterocycles. The molecule has 2 saturated carbocycles. The van der Waals surface area contributed by atoms with Crippen LogP contribution >= 0.6 is 11.6 Å². The molecule has 6 heteroatoms. The van der Waals surface area contributed by atoms with Crippen molar-refractivity contribution in [2.75, 3.05) is 0 Å². The van der Waals surface area contributed by atoms with Crippen LogP contribution < -0.4 is 4.18 Å². The molecule has 5 atom stereocenters. The maximum atomic E-state index is 12.3. The third kappa shape index (κ3) is 1.79. The van der Waals surface area contributed by atoms with E-state index in [4.69, 9.17) is 15.8 Å². The minimum absolute atomic E-state index is 0.205. The van der Waals surface area contributed by atoms with Gasteiger partial charge in [-0.1, -0.05) is 11.6 Å². The Morgan fingerprint density at radius 2 is 1.68 bits per heavy atom. The van der Waals surface area contributed by atoms with Gasteiger partial charge in [-0.25, -0.2) is 0 Å². The summed E-state index contributed by atoms with van der Waals surface area (Å²) in [4.78, 5) is 0. The van der Waals surface area contributed by atoms with Crippen LogP contribution in [0.3, 0.4) is 0 Å². The molecule has 3 unspecified atom stereocenters. The van der Waals surface area contributed by atoms with Gasteiger partial charge in [-0.15, -0.1) is 0 Å². The molecule has 0 radical (unpaired) electrons. The summed E-state index contributed by atoms with van der Waals surface area (Å²) in [5.74, 6) is 1.43. The molecule has 4 rings (SSSR count). The minimum Gasteiger partial charge on any atom is -0.371 e. The van der Waals surface area contributed by atoms with Gasteiger partial charge in [-0.05, 0) is 55.4 Å². The summed E-state index contributed by atoms with van der Waals surface area (Å²) < 4.78 is 31.2. The van der Waals surface area contributed by atoms with Crippen LogP contribution in [0.15, 0.2) is 24.3 Å². The maximum Gasteiger partial charge on any atom is 0.385 e. The van der Waals surface area contributed by atoms with E-state index in [-0.39, 0.29) is 12.1 Å². The summed E-state index contributed by atoms with van der Waals surface area (Å²) in [6, 6.07) is 6.81. The van der Waals surface area contributed by atoms with Gasteiger partial charge in [0.15, 0.2) is 0 Å². The Labute approximate surface area is 117 Å². The largest absolute Gasteiger partial charge is 0.385 e. The molecule has 1 aromatic rings. The van der Waals surface area contributed by atoms with Gasteiger partial charge in [0, 0.05) is 17.1 Å². The van der Waals surface area contributed by atoms with E-state index >= 15 is 0 Å². The molecule has 0 amide bonds. The van der Waals surface area contributed by atoms with E-state index in [9.17, 15) is 8.42 Å². The van der Waals surface area contributed by atoms with E-state index < -0.39 is 10.3 Å². The normalized spacial score (nSPS) is 39.1. The lowest BCUT2D eigenvalue weighted by atomic mass is 10.0. The van der Waals surface area contributed by atoms with Crippen LogP contribution in [-0.2, 0) is 10.3 Å². The molecular weight excluding hydrogens is 286 g/mol. The van der Waals surface area contributed by atoms with E-state index in [1.165, 1.54) is 19.3 Å². The number of piperidine rings is 1. The third-order valence-electron chi connectivity index (χ3n) is 4.60. The number of nitrogens with zero attached hydrogens (tertiary/aromatic N) is 1. The molecule has 1 saturated heterocycles. The summed E-state index contributed by atoms with van der Waals surface area (Å²) >= 11 is 5.77. The average molecular weight is 300 g/mol. The first-order valence-electron chi connectivity index (χ1n) is 6.55. The van der Waals surface area contributed by atoms with E-state index in [2.05, 4.69) is 0 Å². The number of rotatable bonds is 3. The lowest BCUT2D eigenvalue weighted by Gasteiger charge is -2.13. The molecule has 19 heavy (non-hydrogen) atoms. The van der Waals surface area contributed by atoms with E-state index in [1.54, 1.807) is 28.6 Å². The smallest absolute Gasteiger partial charge is 0.371 e. The standard InChI is InChI=1S/C13H14ClNO3S/c14-10-3-5-11(6-4-10)18-19(16,17)15-12-8-1-2-9(7-8)13(12)15/h3-6,8-9,12-13H,1-2,7H2/t8?,9?,12-,13+,15?. The molecule has 0 aromatic heterocycles. The Morgan fingerprint density at radius 1 is 1.11 bits per heavy atom. The Kier molecular flexibility index (Phi) is 2.44. The van der Waals surface area contributed by atoms with E-state index in [0.29, 0.717) is 22.6 Å². The van der Waals surface area contributed by atoms with Crippen LogP contribution in [0.4, 0.5) is 0 Å². The highest BCUT2D eigenvalue weighted by Crippen LogP contribution is 2.59. The van der Waals surface area contributed by atoms with Crippen LogP contribution in [0.5, 0.6) is 5.75 Å². The second-order valence-corrected chi connectivity index (χ2v) is 7.52. The molecule has 0 spiro atoms. The highest BCUT2D eigenvalue weighted by Gasteiger charge is 2.69. The molecular formula is C13H14ClNO3S. The van der Waals surface area contributed by atoms with Crippen LogP contribution in [-0.4, -0.2) is 24.8 Å². The summed E-state index contributed by atoms with van der Waals surface area (Å²) in [7, 11) is -3.65. The van der Waals surface area contributed by atoms with Crippen molar-refractivity contribution in [1.82, 2.24) is 4.31 Å². The Morgan fingerprint density at radius 3 is 2.26 bits per heavy atom. The highest BCUT2D eigenvalue weighted by molar-refractivity contribution is 7.85. The fraction of sp³-hybridized carbons (Fsp3) is 0.538. The molecule has 3 fully saturated rings. The summed E-state index contributed by atoms with van der Waals surface area (Å²) in [6.45, 7) is 0. The highest BCUT2D eigenvalue weighted by atomic mass is 35.5. The summed E-state index contributed by atoms with van der Waals surface area (Å²) in [5, 5.41) is 0.561. The van der Waals surface area contributed by atoms with E-state index in [0.717, 1.165) is 0 Å². The fourth-order valence-corrected chi connectivity index (χ4v) is 5.55. The van der Waals surface area contributed by atoms with Crippen LogP contribution in [0, 0.1) is 11.8 Å². The Bertz CT molecular complexity index is 599. The van der Waals surface area contributed by atoms with Crippen molar-refractivity contribution in [3.63, 3.8) is 0 Å². The number of hydrogen-bond acceptors (Lipinski definition) is 3. The monoisotopic (exact) mass is 299 g/mol. The number of fused-ring (bicyclic) bond motifs is 5. The molecule has 4 nitrogen and oxygen atoms in total. The second-order valence-electron chi connectivity index (χ2n) is 5.64. The zero-order chi connectivity index (χ0) is 13.2. The van der Waals surface area contributed by atoms with Crippen molar-refractivity contribution in [2.24, 2.45) is 11.8 Å². The van der Waals surface area contributed by atoms with Crippen LogP contribution in [0.25, 0.3) is 0 Å². The molecule has 102 valence electrons. The van der Waals surface area contributed by atoms with Gasteiger partial charge in [0.2, 0.25) is 0 Å². The van der Waals surface area contributed by atoms with Gasteiger partial charge in [-0.2, -0.15) is 12.7 Å². The lowest BCUT2D eigenvalue weighted by molar-refractivity contribution is 0.395. The minimum atomic E-state index is -3.65. The Hall–Kier alpha value is -0.780. The average Bonchev–Trinajstić information content (AvgIpc) is 2.85. The van der Waals surface area contributed by atoms with Crippen molar-refractivity contribution in [3.05, 3.63) is 29.3 Å². The van der Waals surface area contributed by atoms with Crippen LogP contribution in [0.1, 0.15) is 19.3 Å². The summed E-state index contributed by atoms with van der Waals surface area (Å²) in [6.07, 6.45) is 3.53. The Balaban J connectivity index is 1.54. The van der Waals surface area contributed by atoms with Gasteiger partial charge < -0.3 is 4.18 Å². The zero-order valence-electron chi connectivity index (χ0n) is 10.2. The van der Waals surface area contributed by atoms with Gasteiger partial charge in [-0.3, -0.25) is 0 Å². The first-order valence-corrected chi connectivity index (χ1v) is 8.29. The molecule has 2 aliphatic carbocycles. The molecule has 3 aliphatic rings. The third-order valence-corrected chi connectivity index (χ3v) is 6.26. The second kappa shape index (κ2) is 3.87. The molecule has 1 aromatic carbocycles. The van der Waals surface area contributed by atoms with Crippen molar-refractivity contribution in [1.29, 1.82) is 0 Å². The van der Waals surface area contributed by atoms with Crippen LogP contribution in [0.2, 0.25) is 5.02 Å². The molecule has 0 N–H and O–H groups in total. The lowest BCUT2D eigenvalue weighted by Crippen LogP contribution is -2.25. The predicted octanol–water partition coefficient (Wildman–Crippen LogP) is 2.45. The van der Waals surface area contributed by atoms with Crippen molar-refractivity contribution in [3.8, 4) is 5.75 Å². The van der Waals surface area contributed by atoms with Crippen molar-refractivity contribution < 1.29 is 12.6 Å². The number of benzene rings is 1. The van der Waals surface area contributed by atoms with Crippen molar-refractivity contribution >= 4 is 21.9 Å². The SMILES string of the molecule is O=S(=O)(Oc1ccc(Cl)cc1)N1[C@@H]2C3CCC(C3)[C@@H]21. The van der Waals surface area contributed by atoms with Gasteiger partial charge in [0.25, 0.3) is 0 Å². The maximum absolute atomic E-state index is 12.3.